The smallest absolute Gasteiger partial charge is 0.242 e. The quantitative estimate of drug-likeness (QED) is 0.652. The van der Waals surface area contributed by atoms with Gasteiger partial charge >= 0.3 is 0 Å². The predicted octanol–water partition coefficient (Wildman–Crippen LogP) is -1.16. The molecule has 2 amide bonds. The molecule has 0 bridgehead atoms. The van der Waals surface area contributed by atoms with E-state index in [1.54, 1.807) is 11.8 Å². The number of hydrogen-bond donors (Lipinski definition) is 2. The van der Waals surface area contributed by atoms with Gasteiger partial charge in [0.25, 0.3) is 0 Å². The highest BCUT2D eigenvalue weighted by Gasteiger charge is 2.32. The van der Waals surface area contributed by atoms with Gasteiger partial charge in [-0.1, -0.05) is 0 Å². The van der Waals surface area contributed by atoms with Crippen LogP contribution in [0.2, 0.25) is 0 Å². The summed E-state index contributed by atoms with van der Waals surface area (Å²) in [7, 11) is 0. The van der Waals surface area contributed by atoms with Crippen molar-refractivity contribution in [3.63, 3.8) is 0 Å². The number of piperidine rings is 1. The Balaban J connectivity index is 1.90. The van der Waals surface area contributed by atoms with Crippen LogP contribution in [0.5, 0.6) is 0 Å². The largest absolute Gasteiger partial charge is 0.377 e. The van der Waals surface area contributed by atoms with Crippen LogP contribution in [-0.2, 0) is 14.3 Å². The Bertz CT molecular complexity index is 317. The van der Waals surface area contributed by atoms with E-state index < -0.39 is 6.04 Å². The summed E-state index contributed by atoms with van der Waals surface area (Å²) in [5.74, 6) is -0.111. The van der Waals surface area contributed by atoms with Gasteiger partial charge in [-0.25, -0.2) is 0 Å². The lowest BCUT2D eigenvalue weighted by Crippen LogP contribution is -2.58. The fourth-order valence-corrected chi connectivity index (χ4v) is 2.05. The SMILES string of the molecule is C[C@@H](C(=O)NC1COC1)N1C[C@@H](N)CCC1=O. The number of nitrogens with two attached hydrogens (primary N) is 1. The number of carbonyl (C=O) groups is 2. The first-order valence-corrected chi connectivity index (χ1v) is 6.01. The van der Waals surface area contributed by atoms with Crippen LogP contribution in [0.4, 0.5) is 0 Å². The second kappa shape index (κ2) is 5.01. The topological polar surface area (TPSA) is 84.7 Å². The molecule has 0 aromatic rings. The minimum absolute atomic E-state index is 0.0132. The first kappa shape index (κ1) is 12.3. The number of nitrogens with zero attached hydrogens (tertiary/aromatic N) is 1. The second-order valence-corrected chi connectivity index (χ2v) is 4.76. The van der Waals surface area contributed by atoms with Crippen LogP contribution in [0.15, 0.2) is 0 Å². The molecule has 0 aliphatic carbocycles. The fraction of sp³-hybridized carbons (Fsp3) is 0.818. The Morgan fingerprint density at radius 2 is 2.29 bits per heavy atom. The van der Waals surface area contributed by atoms with Crippen LogP contribution in [0, 0.1) is 0 Å². The molecule has 2 aliphatic heterocycles. The Labute approximate surface area is 100 Å². The Morgan fingerprint density at radius 1 is 1.59 bits per heavy atom. The Hall–Kier alpha value is -1.14. The highest BCUT2D eigenvalue weighted by atomic mass is 16.5. The predicted molar refractivity (Wildman–Crippen MR) is 61.1 cm³/mol. The summed E-state index contributed by atoms with van der Waals surface area (Å²) in [6.45, 7) is 3.33. The summed E-state index contributed by atoms with van der Waals surface area (Å²) in [5, 5.41) is 2.85. The zero-order valence-corrected chi connectivity index (χ0v) is 10.0. The molecule has 0 aromatic carbocycles. The summed E-state index contributed by atoms with van der Waals surface area (Å²) in [6.07, 6.45) is 1.14. The molecule has 0 saturated carbocycles. The van der Waals surface area contributed by atoms with E-state index in [1.165, 1.54) is 0 Å². The standard InChI is InChI=1S/C11H19N3O3/c1-7(11(16)13-9-5-17-6-9)14-4-8(12)2-3-10(14)15/h7-9H,2-6,12H2,1H3,(H,13,16)/t7-,8-/m0/s1. The van der Waals surface area contributed by atoms with Gasteiger partial charge in [-0.05, 0) is 13.3 Å². The molecule has 2 heterocycles. The Morgan fingerprint density at radius 3 is 2.88 bits per heavy atom. The maximum absolute atomic E-state index is 11.9. The first-order valence-electron chi connectivity index (χ1n) is 6.01. The Kier molecular flexibility index (Phi) is 3.63. The van der Waals surface area contributed by atoms with E-state index in [0.717, 1.165) is 0 Å². The summed E-state index contributed by atoms with van der Waals surface area (Å²) < 4.78 is 4.98. The van der Waals surface area contributed by atoms with Crippen LogP contribution < -0.4 is 11.1 Å². The molecule has 0 radical (unpaired) electrons. The van der Waals surface area contributed by atoms with E-state index in [4.69, 9.17) is 10.5 Å². The summed E-state index contributed by atoms with van der Waals surface area (Å²) in [4.78, 5) is 25.2. The zero-order chi connectivity index (χ0) is 12.4. The molecule has 2 saturated heterocycles. The molecule has 2 fully saturated rings. The summed E-state index contributed by atoms with van der Waals surface area (Å²) in [5.41, 5.74) is 5.82. The lowest BCUT2D eigenvalue weighted by atomic mass is 10.0. The van der Waals surface area contributed by atoms with Gasteiger partial charge in [0.15, 0.2) is 0 Å². The van der Waals surface area contributed by atoms with Crippen molar-refractivity contribution in [1.29, 1.82) is 0 Å². The fourth-order valence-electron chi connectivity index (χ4n) is 2.05. The van der Waals surface area contributed by atoms with Crippen molar-refractivity contribution in [2.45, 2.75) is 37.9 Å². The van der Waals surface area contributed by atoms with Gasteiger partial charge in [-0.2, -0.15) is 0 Å². The van der Waals surface area contributed by atoms with Crippen LogP contribution in [-0.4, -0.2) is 54.6 Å². The molecular formula is C11H19N3O3. The lowest BCUT2D eigenvalue weighted by molar-refractivity contribution is -0.143. The van der Waals surface area contributed by atoms with E-state index in [0.29, 0.717) is 32.6 Å². The average molecular weight is 241 g/mol. The summed E-state index contributed by atoms with van der Waals surface area (Å²) in [6, 6.07) is -0.372. The van der Waals surface area contributed by atoms with Gasteiger partial charge in [0, 0.05) is 19.0 Å². The van der Waals surface area contributed by atoms with Crippen LogP contribution in [0.25, 0.3) is 0 Å². The normalized spacial score (nSPS) is 27.5. The molecule has 3 N–H and O–H groups in total. The minimum Gasteiger partial charge on any atom is -0.377 e. The number of amides is 2. The third-order valence-electron chi connectivity index (χ3n) is 3.31. The molecule has 0 unspecified atom stereocenters. The van der Waals surface area contributed by atoms with Gasteiger partial charge in [0.05, 0.1) is 19.3 Å². The van der Waals surface area contributed by atoms with Crippen molar-refractivity contribution in [3.05, 3.63) is 0 Å². The van der Waals surface area contributed by atoms with Crippen LogP contribution in [0.3, 0.4) is 0 Å². The number of carbonyl (C=O) groups excluding carboxylic acids is 2. The second-order valence-electron chi connectivity index (χ2n) is 4.76. The highest BCUT2D eigenvalue weighted by Crippen LogP contribution is 2.13. The van der Waals surface area contributed by atoms with Crippen LogP contribution >= 0.6 is 0 Å². The molecule has 2 atom stereocenters. The molecule has 17 heavy (non-hydrogen) atoms. The van der Waals surface area contributed by atoms with Gasteiger partial charge in [0.2, 0.25) is 11.8 Å². The van der Waals surface area contributed by atoms with Gasteiger partial charge in [-0.15, -0.1) is 0 Å². The summed E-state index contributed by atoms with van der Waals surface area (Å²) >= 11 is 0. The molecule has 0 aromatic heterocycles. The van der Waals surface area contributed by atoms with Crippen molar-refractivity contribution in [3.8, 4) is 0 Å². The molecule has 2 rings (SSSR count). The number of likely N-dealkylation sites (tertiary alicyclic amines) is 1. The number of nitrogens with one attached hydrogen (secondary N) is 1. The maximum Gasteiger partial charge on any atom is 0.242 e. The van der Waals surface area contributed by atoms with E-state index in [2.05, 4.69) is 5.32 Å². The lowest BCUT2D eigenvalue weighted by Gasteiger charge is -2.36. The zero-order valence-electron chi connectivity index (χ0n) is 10.0. The monoisotopic (exact) mass is 241 g/mol. The molecule has 6 heteroatoms. The highest BCUT2D eigenvalue weighted by molar-refractivity contribution is 5.88. The minimum atomic E-state index is -0.450. The van der Waals surface area contributed by atoms with Gasteiger partial charge < -0.3 is 20.7 Å². The number of hydrogen-bond acceptors (Lipinski definition) is 4. The number of ether oxygens (including phenoxy) is 1. The molecular weight excluding hydrogens is 222 g/mol. The average Bonchev–Trinajstić information content (AvgIpc) is 2.25. The van der Waals surface area contributed by atoms with E-state index >= 15 is 0 Å². The van der Waals surface area contributed by atoms with Crippen molar-refractivity contribution in [2.75, 3.05) is 19.8 Å². The molecule has 96 valence electrons. The first-order chi connectivity index (χ1) is 8.08. The van der Waals surface area contributed by atoms with E-state index in [-0.39, 0.29) is 23.9 Å². The van der Waals surface area contributed by atoms with Crippen molar-refractivity contribution in [2.24, 2.45) is 5.73 Å². The van der Waals surface area contributed by atoms with Crippen molar-refractivity contribution >= 4 is 11.8 Å². The molecule has 2 aliphatic rings. The van der Waals surface area contributed by atoms with E-state index in [1.807, 2.05) is 0 Å². The number of rotatable bonds is 3. The molecule has 6 nitrogen and oxygen atoms in total. The molecule has 0 spiro atoms. The van der Waals surface area contributed by atoms with Gasteiger partial charge in [-0.3, -0.25) is 9.59 Å². The maximum atomic E-state index is 11.9. The third kappa shape index (κ3) is 2.76. The van der Waals surface area contributed by atoms with Crippen molar-refractivity contribution in [1.82, 2.24) is 10.2 Å². The van der Waals surface area contributed by atoms with E-state index in [9.17, 15) is 9.59 Å². The third-order valence-corrected chi connectivity index (χ3v) is 3.31. The van der Waals surface area contributed by atoms with Gasteiger partial charge in [0.1, 0.15) is 6.04 Å². The van der Waals surface area contributed by atoms with Crippen LogP contribution in [0.1, 0.15) is 19.8 Å². The van der Waals surface area contributed by atoms with Crippen molar-refractivity contribution < 1.29 is 14.3 Å².